The highest BCUT2D eigenvalue weighted by Gasteiger charge is 2.27. The van der Waals surface area contributed by atoms with Crippen molar-refractivity contribution in [2.45, 2.75) is 13.5 Å². The van der Waals surface area contributed by atoms with Gasteiger partial charge in [0.05, 0.1) is 12.5 Å². The van der Waals surface area contributed by atoms with Gasteiger partial charge in [-0.3, -0.25) is 4.79 Å². The monoisotopic (exact) mass is 260 g/mol. The lowest BCUT2D eigenvalue weighted by molar-refractivity contribution is -0.136. The van der Waals surface area contributed by atoms with Crippen molar-refractivity contribution in [3.63, 3.8) is 0 Å². The molecule has 1 aromatic heterocycles. The van der Waals surface area contributed by atoms with E-state index in [0.717, 1.165) is 19.6 Å². The van der Waals surface area contributed by atoms with Gasteiger partial charge in [-0.25, -0.2) is 0 Å². The van der Waals surface area contributed by atoms with Gasteiger partial charge in [0.2, 0.25) is 5.91 Å². The summed E-state index contributed by atoms with van der Waals surface area (Å²) in [7, 11) is 1.89. The summed E-state index contributed by atoms with van der Waals surface area (Å²) < 4.78 is 0. The largest absolute Gasteiger partial charge is 0.340 e. The van der Waals surface area contributed by atoms with Crippen LogP contribution in [0.4, 0.5) is 0 Å². The van der Waals surface area contributed by atoms with Crippen LogP contribution in [0.3, 0.4) is 0 Å². The molecule has 16 heavy (non-hydrogen) atoms. The molecule has 3 nitrogen and oxygen atoms in total. The van der Waals surface area contributed by atoms with Crippen LogP contribution in [0.5, 0.6) is 0 Å². The van der Waals surface area contributed by atoms with Gasteiger partial charge in [-0.1, -0.05) is 0 Å². The number of amides is 1. The van der Waals surface area contributed by atoms with E-state index in [1.54, 1.807) is 11.3 Å². The Morgan fingerprint density at radius 3 is 2.75 bits per heavy atom. The van der Waals surface area contributed by atoms with Gasteiger partial charge in [-0.15, -0.1) is 23.7 Å². The van der Waals surface area contributed by atoms with E-state index in [1.165, 1.54) is 10.4 Å². The summed E-state index contributed by atoms with van der Waals surface area (Å²) in [5, 5.41) is 5.20. The number of thiophene rings is 1. The molecule has 1 fully saturated rings. The van der Waals surface area contributed by atoms with Crippen molar-refractivity contribution in [3.8, 4) is 0 Å². The second-order valence-electron chi connectivity index (χ2n) is 4.08. The Kier molecular flexibility index (Phi) is 4.77. The molecule has 1 N–H and O–H groups in total. The molecule has 1 aromatic rings. The van der Waals surface area contributed by atoms with Crippen LogP contribution in [0.25, 0.3) is 0 Å². The Bertz CT molecular complexity index is 363. The number of nitrogens with zero attached hydrogens (tertiary/aromatic N) is 1. The summed E-state index contributed by atoms with van der Waals surface area (Å²) in [6.45, 7) is 4.52. The molecule has 0 aromatic carbocycles. The molecule has 1 saturated heterocycles. The summed E-state index contributed by atoms with van der Waals surface area (Å²) in [6, 6.07) is 2.10. The van der Waals surface area contributed by atoms with Crippen LogP contribution in [0.2, 0.25) is 0 Å². The predicted molar refractivity (Wildman–Crippen MR) is 69.1 cm³/mol. The molecular formula is C11H17ClN2OS. The van der Waals surface area contributed by atoms with Crippen LogP contribution in [-0.4, -0.2) is 30.9 Å². The lowest BCUT2D eigenvalue weighted by atomic mass is 10.0. The van der Waals surface area contributed by atoms with Gasteiger partial charge in [0, 0.05) is 25.0 Å². The number of carbonyl (C=O) groups excluding carboxylic acids is 1. The maximum Gasteiger partial charge on any atom is 0.228 e. The molecule has 1 aliphatic heterocycles. The molecular weight excluding hydrogens is 244 g/mol. The van der Waals surface area contributed by atoms with Crippen LogP contribution < -0.4 is 5.32 Å². The zero-order valence-corrected chi connectivity index (χ0v) is 11.2. The zero-order chi connectivity index (χ0) is 10.8. The second kappa shape index (κ2) is 5.66. The summed E-state index contributed by atoms with van der Waals surface area (Å²) >= 11 is 1.72. The smallest absolute Gasteiger partial charge is 0.228 e. The number of carbonyl (C=O) groups is 1. The van der Waals surface area contributed by atoms with Crippen LogP contribution >= 0.6 is 23.7 Å². The summed E-state index contributed by atoms with van der Waals surface area (Å²) in [6.07, 6.45) is 0. The van der Waals surface area contributed by atoms with E-state index in [-0.39, 0.29) is 24.2 Å². The molecule has 2 heterocycles. The van der Waals surface area contributed by atoms with Crippen molar-refractivity contribution >= 4 is 29.7 Å². The minimum Gasteiger partial charge on any atom is -0.340 e. The Labute approximate surface area is 106 Å². The number of hydrogen-bond acceptors (Lipinski definition) is 3. The van der Waals surface area contributed by atoms with E-state index in [4.69, 9.17) is 0 Å². The maximum absolute atomic E-state index is 11.9. The van der Waals surface area contributed by atoms with Crippen LogP contribution in [0.15, 0.2) is 11.4 Å². The molecule has 0 unspecified atom stereocenters. The van der Waals surface area contributed by atoms with Crippen LogP contribution in [-0.2, 0) is 11.3 Å². The third kappa shape index (κ3) is 2.75. The number of nitrogens with one attached hydrogen (secondary N) is 1. The van der Waals surface area contributed by atoms with E-state index in [9.17, 15) is 4.79 Å². The third-order valence-electron chi connectivity index (χ3n) is 2.86. The van der Waals surface area contributed by atoms with Gasteiger partial charge in [0.25, 0.3) is 0 Å². The fourth-order valence-electron chi connectivity index (χ4n) is 1.63. The van der Waals surface area contributed by atoms with Gasteiger partial charge in [-0.05, 0) is 23.9 Å². The molecule has 0 atom stereocenters. The molecule has 0 saturated carbocycles. The van der Waals surface area contributed by atoms with E-state index in [1.807, 2.05) is 11.9 Å². The number of aryl methyl sites for hydroxylation is 1. The fourth-order valence-corrected chi connectivity index (χ4v) is 2.59. The minimum atomic E-state index is 0. The molecule has 0 aliphatic carbocycles. The van der Waals surface area contributed by atoms with Gasteiger partial charge < -0.3 is 10.2 Å². The Balaban J connectivity index is 0.00000128. The summed E-state index contributed by atoms with van der Waals surface area (Å²) in [5.74, 6) is 0.469. The van der Waals surface area contributed by atoms with Gasteiger partial charge in [0.15, 0.2) is 0 Å². The molecule has 90 valence electrons. The fraction of sp³-hybridized carbons (Fsp3) is 0.545. The van der Waals surface area contributed by atoms with Crippen molar-refractivity contribution in [1.82, 2.24) is 10.2 Å². The molecule has 1 amide bonds. The van der Waals surface area contributed by atoms with E-state index in [0.29, 0.717) is 0 Å². The van der Waals surface area contributed by atoms with Gasteiger partial charge in [-0.2, -0.15) is 0 Å². The molecule has 0 spiro atoms. The van der Waals surface area contributed by atoms with Crippen molar-refractivity contribution < 1.29 is 4.79 Å². The van der Waals surface area contributed by atoms with E-state index in [2.05, 4.69) is 23.7 Å². The van der Waals surface area contributed by atoms with Crippen molar-refractivity contribution in [1.29, 1.82) is 0 Å². The lowest BCUT2D eigenvalue weighted by Gasteiger charge is -2.30. The first-order valence-corrected chi connectivity index (χ1v) is 6.05. The average molecular weight is 261 g/mol. The number of halogens is 1. The standard InChI is InChI=1S/C11H16N2OS.ClH/c1-8-3-4-15-10(8)7-13(2)11(14)9-5-12-6-9;/h3-4,9,12H,5-7H2,1-2H3;1H. The lowest BCUT2D eigenvalue weighted by Crippen LogP contribution is -2.50. The van der Waals surface area contributed by atoms with Gasteiger partial charge in [0.1, 0.15) is 0 Å². The third-order valence-corrected chi connectivity index (χ3v) is 3.86. The molecule has 2 rings (SSSR count). The average Bonchev–Trinajstić information content (AvgIpc) is 2.49. The normalized spacial score (nSPS) is 15.1. The first-order valence-electron chi connectivity index (χ1n) is 5.17. The summed E-state index contributed by atoms with van der Waals surface area (Å²) in [4.78, 5) is 15.0. The van der Waals surface area contributed by atoms with Gasteiger partial charge >= 0.3 is 0 Å². The Morgan fingerprint density at radius 1 is 1.62 bits per heavy atom. The van der Waals surface area contributed by atoms with Crippen molar-refractivity contribution in [2.75, 3.05) is 20.1 Å². The zero-order valence-electron chi connectivity index (χ0n) is 9.53. The molecule has 5 heteroatoms. The quantitative estimate of drug-likeness (QED) is 0.897. The summed E-state index contributed by atoms with van der Waals surface area (Å²) in [5.41, 5.74) is 1.28. The van der Waals surface area contributed by atoms with E-state index >= 15 is 0 Å². The minimum absolute atomic E-state index is 0. The van der Waals surface area contributed by atoms with Crippen LogP contribution in [0.1, 0.15) is 10.4 Å². The highest BCUT2D eigenvalue weighted by molar-refractivity contribution is 7.10. The van der Waals surface area contributed by atoms with E-state index < -0.39 is 0 Å². The molecule has 0 radical (unpaired) electrons. The Hall–Kier alpha value is -0.580. The molecule has 0 bridgehead atoms. The second-order valence-corrected chi connectivity index (χ2v) is 5.08. The maximum atomic E-state index is 11.9. The number of rotatable bonds is 3. The predicted octanol–water partition coefficient (Wildman–Crippen LogP) is 1.66. The SMILES string of the molecule is Cc1ccsc1CN(C)C(=O)C1CNC1.Cl. The molecule has 1 aliphatic rings. The first kappa shape index (κ1) is 13.5. The topological polar surface area (TPSA) is 32.3 Å². The van der Waals surface area contributed by atoms with Crippen LogP contribution in [0, 0.1) is 12.8 Å². The highest BCUT2D eigenvalue weighted by atomic mass is 35.5. The number of hydrogen-bond donors (Lipinski definition) is 1. The highest BCUT2D eigenvalue weighted by Crippen LogP contribution is 2.18. The van der Waals surface area contributed by atoms with Crippen molar-refractivity contribution in [2.24, 2.45) is 5.92 Å². The van der Waals surface area contributed by atoms with Crippen molar-refractivity contribution in [3.05, 3.63) is 21.9 Å². The Morgan fingerprint density at radius 2 is 2.31 bits per heavy atom. The first-order chi connectivity index (χ1) is 7.18.